The van der Waals surface area contributed by atoms with E-state index in [9.17, 15) is 8.42 Å². The van der Waals surface area contributed by atoms with Crippen LogP contribution in [-0.4, -0.2) is 72.9 Å². The summed E-state index contributed by atoms with van der Waals surface area (Å²) in [6.45, 7) is 6.06. The molecule has 12 heteroatoms. The van der Waals surface area contributed by atoms with E-state index >= 15 is 0 Å². The van der Waals surface area contributed by atoms with Crippen LogP contribution in [0.15, 0.2) is 47.9 Å². The van der Waals surface area contributed by atoms with Crippen LogP contribution in [0.25, 0.3) is 0 Å². The summed E-state index contributed by atoms with van der Waals surface area (Å²) in [5.41, 5.74) is 1.53. The molecule has 0 saturated carbocycles. The Labute approximate surface area is 203 Å². The number of hydrogen-bond donors (Lipinski definition) is 2. The van der Waals surface area contributed by atoms with Crippen molar-refractivity contribution in [3.8, 4) is 5.75 Å². The molecule has 0 bridgehead atoms. The number of likely N-dealkylation sites (tertiary alicyclic amines) is 1. The first-order valence-electron chi connectivity index (χ1n) is 11.1. The molecular formula is C23H27N7O4S. The van der Waals surface area contributed by atoms with Crippen molar-refractivity contribution < 1.29 is 17.9 Å². The third-order valence-electron chi connectivity index (χ3n) is 6.34. The van der Waals surface area contributed by atoms with Gasteiger partial charge in [-0.2, -0.15) is 0 Å². The molecule has 11 nitrogen and oxygen atoms in total. The molecule has 0 amide bonds. The summed E-state index contributed by atoms with van der Waals surface area (Å²) >= 11 is 0. The second-order valence-corrected chi connectivity index (χ2v) is 11.0. The molecule has 2 fully saturated rings. The van der Waals surface area contributed by atoms with Crippen LogP contribution in [0.5, 0.6) is 5.75 Å². The minimum absolute atomic E-state index is 0.0417. The fourth-order valence-corrected chi connectivity index (χ4v) is 5.36. The lowest BCUT2D eigenvalue weighted by Gasteiger charge is -2.57. The Balaban J connectivity index is 1.27. The molecule has 1 spiro atoms. The van der Waals surface area contributed by atoms with E-state index in [0.29, 0.717) is 22.9 Å². The molecular weight excluding hydrogens is 470 g/mol. The lowest BCUT2D eigenvalue weighted by Crippen LogP contribution is -2.66. The third kappa shape index (κ3) is 4.77. The van der Waals surface area contributed by atoms with Crippen LogP contribution in [0.2, 0.25) is 0 Å². The van der Waals surface area contributed by atoms with Gasteiger partial charge in [-0.05, 0) is 24.6 Å². The number of pyridine rings is 2. The zero-order chi connectivity index (χ0) is 24.6. The van der Waals surface area contributed by atoms with Crippen LogP contribution < -0.4 is 15.4 Å². The van der Waals surface area contributed by atoms with E-state index in [4.69, 9.17) is 9.47 Å². The maximum Gasteiger partial charge on any atom is 0.182 e. The highest BCUT2D eigenvalue weighted by Gasteiger charge is 2.50. The van der Waals surface area contributed by atoms with Crippen LogP contribution in [0.1, 0.15) is 18.5 Å². The molecule has 2 saturated heterocycles. The van der Waals surface area contributed by atoms with Crippen LogP contribution >= 0.6 is 0 Å². The number of ether oxygens (including phenoxy) is 2. The molecule has 0 aromatic carbocycles. The van der Waals surface area contributed by atoms with E-state index in [1.165, 1.54) is 25.7 Å². The highest BCUT2D eigenvalue weighted by molar-refractivity contribution is 7.91. The van der Waals surface area contributed by atoms with E-state index in [1.807, 2.05) is 12.3 Å². The van der Waals surface area contributed by atoms with Crippen molar-refractivity contribution in [1.29, 1.82) is 0 Å². The molecule has 0 aliphatic carbocycles. The Bertz CT molecular complexity index is 1320. The third-order valence-corrected chi connectivity index (χ3v) is 7.47. The number of hydrogen-bond acceptors (Lipinski definition) is 11. The number of rotatable bonds is 8. The second kappa shape index (κ2) is 9.02. The predicted octanol–water partition coefficient (Wildman–Crippen LogP) is 2.56. The first-order chi connectivity index (χ1) is 16.8. The summed E-state index contributed by atoms with van der Waals surface area (Å²) in [5.74, 6) is 1.81. The molecule has 1 atom stereocenters. The van der Waals surface area contributed by atoms with Crippen LogP contribution in [0.3, 0.4) is 0 Å². The Morgan fingerprint density at radius 2 is 1.80 bits per heavy atom. The zero-order valence-corrected chi connectivity index (χ0v) is 20.5. The van der Waals surface area contributed by atoms with Gasteiger partial charge in [-0.3, -0.25) is 4.90 Å². The van der Waals surface area contributed by atoms with Crippen LogP contribution in [-0.2, 0) is 14.6 Å². The van der Waals surface area contributed by atoms with Gasteiger partial charge >= 0.3 is 0 Å². The molecule has 0 radical (unpaired) electrons. The summed E-state index contributed by atoms with van der Waals surface area (Å²) in [5, 5.41) is 6.11. The standard InChI is InChI=1S/C23H27N7O4S/c1-15(30-10-23(11-30)12-34-13-23)16-4-5-18(25-9-16)28-19-8-20(27-14-26-19)29-22-21(35(3,31)32)17(33-2)6-7-24-22/h4-9,14-15H,10-13H2,1-3H3,(H2,24,25,26,27,28,29). The minimum Gasteiger partial charge on any atom is -0.495 e. The molecule has 184 valence electrons. The van der Waals surface area contributed by atoms with Crippen molar-refractivity contribution in [3.63, 3.8) is 0 Å². The topological polar surface area (TPSA) is 131 Å². The minimum atomic E-state index is -3.60. The van der Waals surface area contributed by atoms with Gasteiger partial charge in [0.15, 0.2) is 20.6 Å². The zero-order valence-electron chi connectivity index (χ0n) is 19.7. The number of methoxy groups -OCH3 is 1. The van der Waals surface area contributed by atoms with Gasteiger partial charge in [0.1, 0.15) is 29.5 Å². The Kier molecular flexibility index (Phi) is 6.03. The summed E-state index contributed by atoms with van der Waals surface area (Å²) in [6.07, 6.45) is 5.80. The van der Waals surface area contributed by atoms with E-state index in [2.05, 4.69) is 48.5 Å². The monoisotopic (exact) mass is 497 g/mol. The lowest BCUT2D eigenvalue weighted by molar-refractivity contribution is -0.197. The number of aromatic nitrogens is 4. The molecule has 3 aromatic rings. The average Bonchev–Trinajstić information content (AvgIpc) is 2.77. The fourth-order valence-electron chi connectivity index (χ4n) is 4.38. The highest BCUT2D eigenvalue weighted by atomic mass is 32.2. The van der Waals surface area contributed by atoms with Crippen molar-refractivity contribution in [2.45, 2.75) is 17.9 Å². The van der Waals surface area contributed by atoms with E-state index in [-0.39, 0.29) is 22.5 Å². The predicted molar refractivity (Wildman–Crippen MR) is 130 cm³/mol. The van der Waals surface area contributed by atoms with E-state index < -0.39 is 9.84 Å². The smallest absolute Gasteiger partial charge is 0.182 e. The van der Waals surface area contributed by atoms with Gasteiger partial charge < -0.3 is 20.1 Å². The van der Waals surface area contributed by atoms with Crippen molar-refractivity contribution >= 4 is 33.1 Å². The van der Waals surface area contributed by atoms with Crippen molar-refractivity contribution in [2.24, 2.45) is 5.41 Å². The summed E-state index contributed by atoms with van der Waals surface area (Å²) < 4.78 is 35.2. The summed E-state index contributed by atoms with van der Waals surface area (Å²) in [4.78, 5) is 19.5. The van der Waals surface area contributed by atoms with Crippen molar-refractivity contribution in [3.05, 3.63) is 48.5 Å². The molecule has 3 aromatic heterocycles. The highest BCUT2D eigenvalue weighted by Crippen LogP contribution is 2.41. The van der Waals surface area contributed by atoms with Gasteiger partial charge in [-0.15, -0.1) is 0 Å². The van der Waals surface area contributed by atoms with Crippen LogP contribution in [0.4, 0.5) is 23.3 Å². The summed E-state index contributed by atoms with van der Waals surface area (Å²) in [6, 6.07) is 7.39. The summed E-state index contributed by atoms with van der Waals surface area (Å²) in [7, 11) is -2.20. The fraction of sp³-hybridized carbons (Fsp3) is 0.391. The van der Waals surface area contributed by atoms with E-state index in [1.54, 1.807) is 6.07 Å². The molecule has 5 rings (SSSR count). The van der Waals surface area contributed by atoms with Crippen molar-refractivity contribution in [2.75, 3.05) is 50.3 Å². The molecule has 35 heavy (non-hydrogen) atoms. The number of nitrogens with zero attached hydrogens (tertiary/aromatic N) is 5. The van der Waals surface area contributed by atoms with Crippen LogP contribution in [0, 0.1) is 5.41 Å². The maximum absolute atomic E-state index is 12.3. The Morgan fingerprint density at radius 1 is 1.06 bits per heavy atom. The quantitative estimate of drug-likeness (QED) is 0.476. The van der Waals surface area contributed by atoms with Gasteiger partial charge in [0.2, 0.25) is 0 Å². The van der Waals surface area contributed by atoms with Gasteiger partial charge in [0.25, 0.3) is 0 Å². The molecule has 5 heterocycles. The lowest BCUT2D eigenvalue weighted by atomic mass is 9.77. The Morgan fingerprint density at radius 3 is 2.40 bits per heavy atom. The second-order valence-electron chi connectivity index (χ2n) is 9.05. The van der Waals surface area contributed by atoms with Gasteiger partial charge in [0, 0.05) is 49.3 Å². The number of nitrogens with one attached hydrogen (secondary N) is 2. The molecule has 2 aliphatic rings. The number of sulfone groups is 1. The first-order valence-corrected chi connectivity index (χ1v) is 13.0. The normalized spacial score (nSPS) is 17.8. The van der Waals surface area contributed by atoms with Gasteiger partial charge in [-0.25, -0.2) is 28.4 Å². The molecule has 2 N–H and O–H groups in total. The van der Waals surface area contributed by atoms with Gasteiger partial charge in [0.05, 0.1) is 20.3 Å². The van der Waals surface area contributed by atoms with Gasteiger partial charge in [-0.1, -0.05) is 6.07 Å². The first kappa shape index (κ1) is 23.4. The van der Waals surface area contributed by atoms with Crippen molar-refractivity contribution in [1.82, 2.24) is 24.8 Å². The average molecular weight is 498 g/mol. The largest absolute Gasteiger partial charge is 0.495 e. The SMILES string of the molecule is COc1ccnc(Nc2cc(Nc3ccc(C(C)N4CC5(COC5)C4)cn3)ncn2)c1S(C)(=O)=O. The number of anilines is 4. The maximum atomic E-state index is 12.3. The van der Waals surface area contributed by atoms with E-state index in [0.717, 1.165) is 38.1 Å². The molecule has 1 unspecified atom stereocenters. The Hall–Kier alpha value is -3.35. The molecule has 2 aliphatic heterocycles.